The average Bonchev–Trinajstić information content (AvgIpc) is 2.87. The van der Waals surface area contributed by atoms with E-state index < -0.39 is 0 Å². The summed E-state index contributed by atoms with van der Waals surface area (Å²) in [4.78, 5) is 5.40. The number of aryl methyl sites for hydroxylation is 2. The Kier molecular flexibility index (Phi) is 2.63. The largest absolute Gasteiger partial charge is 0.222 e. The lowest BCUT2D eigenvalue weighted by Gasteiger charge is -2.00. The summed E-state index contributed by atoms with van der Waals surface area (Å²) >= 11 is 1.60. The van der Waals surface area contributed by atoms with E-state index in [2.05, 4.69) is 17.0 Å². The van der Waals surface area contributed by atoms with Crippen LogP contribution in [0, 0.1) is 12.7 Å². The van der Waals surface area contributed by atoms with Crippen LogP contribution in [0.5, 0.6) is 0 Å². The minimum absolute atomic E-state index is 0.232. The molecule has 0 aliphatic heterocycles. The van der Waals surface area contributed by atoms with Gasteiger partial charge in [0.15, 0.2) is 0 Å². The Morgan fingerprint density at radius 2 is 2.00 bits per heavy atom. The second-order valence-electron chi connectivity index (χ2n) is 4.10. The smallest absolute Gasteiger partial charge is 0.212 e. The van der Waals surface area contributed by atoms with Gasteiger partial charge < -0.3 is 0 Å². The molecule has 2 heterocycles. The monoisotopic (exact) mass is 261 g/mol. The first-order chi connectivity index (χ1) is 8.69. The molecule has 0 spiro atoms. The summed E-state index contributed by atoms with van der Waals surface area (Å²) in [6.07, 6.45) is 0.899. The highest BCUT2D eigenvalue weighted by Crippen LogP contribution is 2.27. The fourth-order valence-corrected chi connectivity index (χ4v) is 2.85. The standard InChI is InChI=1S/C13H12FN3S/c1-3-11-16-17-12(8(2)15-13(17)18-11)9-4-6-10(14)7-5-9/h4-7H,3H2,1-2H3. The maximum absolute atomic E-state index is 13.0. The van der Waals surface area contributed by atoms with Crippen molar-refractivity contribution >= 4 is 16.3 Å². The third kappa shape index (κ3) is 1.71. The summed E-state index contributed by atoms with van der Waals surface area (Å²) in [6, 6.07) is 6.44. The fraction of sp³-hybridized carbons (Fsp3) is 0.231. The summed E-state index contributed by atoms with van der Waals surface area (Å²) < 4.78 is 14.8. The zero-order valence-electron chi connectivity index (χ0n) is 10.1. The maximum atomic E-state index is 13.0. The van der Waals surface area contributed by atoms with Gasteiger partial charge in [0.05, 0.1) is 11.4 Å². The summed E-state index contributed by atoms with van der Waals surface area (Å²) in [5, 5.41) is 5.59. The molecule has 0 fully saturated rings. The van der Waals surface area contributed by atoms with Crippen LogP contribution in [0.2, 0.25) is 0 Å². The molecule has 1 aromatic carbocycles. The number of halogens is 1. The average molecular weight is 261 g/mol. The molecule has 3 nitrogen and oxygen atoms in total. The van der Waals surface area contributed by atoms with Gasteiger partial charge in [0.25, 0.3) is 0 Å². The lowest BCUT2D eigenvalue weighted by molar-refractivity contribution is 0.628. The van der Waals surface area contributed by atoms with E-state index in [1.807, 2.05) is 11.4 Å². The minimum atomic E-state index is -0.232. The summed E-state index contributed by atoms with van der Waals surface area (Å²) in [7, 11) is 0. The van der Waals surface area contributed by atoms with Gasteiger partial charge in [0, 0.05) is 5.56 Å². The van der Waals surface area contributed by atoms with Gasteiger partial charge in [-0.2, -0.15) is 5.10 Å². The van der Waals surface area contributed by atoms with E-state index in [1.54, 1.807) is 23.5 Å². The number of nitrogens with zero attached hydrogens (tertiary/aromatic N) is 3. The molecule has 0 atom stereocenters. The van der Waals surface area contributed by atoms with E-state index in [-0.39, 0.29) is 5.82 Å². The zero-order chi connectivity index (χ0) is 12.7. The normalized spacial score (nSPS) is 11.3. The number of aromatic nitrogens is 3. The molecule has 0 N–H and O–H groups in total. The van der Waals surface area contributed by atoms with Crippen LogP contribution in [-0.4, -0.2) is 14.6 Å². The van der Waals surface area contributed by atoms with Crippen molar-refractivity contribution in [3.63, 3.8) is 0 Å². The van der Waals surface area contributed by atoms with Crippen LogP contribution in [0.4, 0.5) is 4.39 Å². The molecule has 0 saturated carbocycles. The summed E-state index contributed by atoms with van der Waals surface area (Å²) in [5.41, 5.74) is 2.80. The van der Waals surface area contributed by atoms with Crippen LogP contribution in [0.3, 0.4) is 0 Å². The van der Waals surface area contributed by atoms with Crippen molar-refractivity contribution < 1.29 is 4.39 Å². The van der Waals surface area contributed by atoms with Gasteiger partial charge in [-0.05, 0) is 37.6 Å². The molecule has 0 saturated heterocycles. The number of fused-ring (bicyclic) bond motifs is 1. The summed E-state index contributed by atoms with van der Waals surface area (Å²) in [5.74, 6) is -0.232. The second kappa shape index (κ2) is 4.17. The van der Waals surface area contributed by atoms with Gasteiger partial charge in [-0.25, -0.2) is 13.9 Å². The van der Waals surface area contributed by atoms with Crippen molar-refractivity contribution in [3.8, 4) is 11.3 Å². The quantitative estimate of drug-likeness (QED) is 0.707. The molecule has 0 aliphatic carbocycles. The number of benzene rings is 1. The SMILES string of the molecule is CCc1nn2c(-c3ccc(F)cc3)c(C)nc2s1. The van der Waals surface area contributed by atoms with Gasteiger partial charge in [0.2, 0.25) is 4.96 Å². The van der Waals surface area contributed by atoms with Crippen molar-refractivity contribution in [1.82, 2.24) is 14.6 Å². The fourth-order valence-electron chi connectivity index (χ4n) is 1.97. The summed E-state index contributed by atoms with van der Waals surface area (Å²) in [6.45, 7) is 4.02. The molecule has 0 amide bonds. The topological polar surface area (TPSA) is 30.2 Å². The molecule has 3 aromatic rings. The number of rotatable bonds is 2. The Hall–Kier alpha value is -1.75. The molecule has 18 heavy (non-hydrogen) atoms. The molecular formula is C13H12FN3S. The Balaban J connectivity index is 2.23. The molecule has 5 heteroatoms. The maximum Gasteiger partial charge on any atom is 0.212 e. The van der Waals surface area contributed by atoms with E-state index >= 15 is 0 Å². The zero-order valence-corrected chi connectivity index (χ0v) is 11.0. The Morgan fingerprint density at radius 1 is 1.28 bits per heavy atom. The molecular weight excluding hydrogens is 249 g/mol. The van der Waals surface area contributed by atoms with Crippen molar-refractivity contribution in [2.24, 2.45) is 0 Å². The highest BCUT2D eigenvalue weighted by molar-refractivity contribution is 7.16. The van der Waals surface area contributed by atoms with Crippen molar-refractivity contribution in [2.75, 3.05) is 0 Å². The van der Waals surface area contributed by atoms with E-state index in [9.17, 15) is 4.39 Å². The predicted octanol–water partition coefficient (Wildman–Crippen LogP) is 3.47. The molecule has 3 rings (SSSR count). The van der Waals surface area contributed by atoms with E-state index in [0.717, 1.165) is 33.3 Å². The first-order valence-electron chi connectivity index (χ1n) is 5.80. The lowest BCUT2D eigenvalue weighted by Crippen LogP contribution is -1.92. The van der Waals surface area contributed by atoms with Crippen LogP contribution in [0.25, 0.3) is 16.2 Å². The Bertz CT molecular complexity index is 697. The highest BCUT2D eigenvalue weighted by atomic mass is 32.1. The lowest BCUT2D eigenvalue weighted by atomic mass is 10.1. The number of hydrogen-bond donors (Lipinski definition) is 0. The van der Waals surface area contributed by atoms with Gasteiger partial charge in [-0.3, -0.25) is 0 Å². The van der Waals surface area contributed by atoms with Gasteiger partial charge >= 0.3 is 0 Å². The van der Waals surface area contributed by atoms with Crippen LogP contribution in [-0.2, 0) is 6.42 Å². The van der Waals surface area contributed by atoms with Crippen LogP contribution in [0.15, 0.2) is 24.3 Å². The van der Waals surface area contributed by atoms with Gasteiger partial charge in [-0.1, -0.05) is 18.3 Å². The molecule has 2 aromatic heterocycles. The van der Waals surface area contributed by atoms with E-state index in [1.165, 1.54) is 12.1 Å². The molecule has 0 radical (unpaired) electrons. The molecule has 0 bridgehead atoms. The number of hydrogen-bond acceptors (Lipinski definition) is 3. The van der Waals surface area contributed by atoms with Crippen molar-refractivity contribution in [1.29, 1.82) is 0 Å². The third-order valence-corrected chi connectivity index (χ3v) is 3.89. The first-order valence-corrected chi connectivity index (χ1v) is 6.61. The van der Waals surface area contributed by atoms with Gasteiger partial charge in [-0.15, -0.1) is 0 Å². The first kappa shape index (κ1) is 11.3. The van der Waals surface area contributed by atoms with Gasteiger partial charge in [0.1, 0.15) is 10.8 Å². The Labute approximate surface area is 108 Å². The van der Waals surface area contributed by atoms with Crippen LogP contribution in [0.1, 0.15) is 17.6 Å². The van der Waals surface area contributed by atoms with Crippen molar-refractivity contribution in [2.45, 2.75) is 20.3 Å². The second-order valence-corrected chi connectivity index (χ2v) is 5.14. The molecule has 0 unspecified atom stereocenters. The molecule has 0 aliphatic rings. The van der Waals surface area contributed by atoms with Crippen LogP contribution < -0.4 is 0 Å². The Morgan fingerprint density at radius 3 is 2.67 bits per heavy atom. The highest BCUT2D eigenvalue weighted by Gasteiger charge is 2.14. The van der Waals surface area contributed by atoms with Crippen LogP contribution >= 0.6 is 11.3 Å². The third-order valence-electron chi connectivity index (χ3n) is 2.84. The minimum Gasteiger partial charge on any atom is -0.222 e. The number of imidazole rings is 1. The predicted molar refractivity (Wildman–Crippen MR) is 70.4 cm³/mol. The van der Waals surface area contributed by atoms with E-state index in [4.69, 9.17) is 0 Å². The molecule has 92 valence electrons. The van der Waals surface area contributed by atoms with E-state index in [0.29, 0.717) is 0 Å². The van der Waals surface area contributed by atoms with Crippen molar-refractivity contribution in [3.05, 3.63) is 40.8 Å².